The van der Waals surface area contributed by atoms with Crippen molar-refractivity contribution in [3.8, 4) is 31.7 Å². The van der Waals surface area contributed by atoms with Gasteiger partial charge in [-0.3, -0.25) is 9.97 Å². The standard InChI is InChI=1S/C21H13FN4S2/c1-12-19(28-21(25-12)14-8-15(22)11-23-10-14)17-6-5-13-9-18(27-20(13)26-17)16-4-2-3-7-24-16/h2-11H,1H3. The number of nitrogens with zero attached hydrogens (tertiary/aromatic N) is 4. The van der Waals surface area contributed by atoms with Gasteiger partial charge in [0.1, 0.15) is 15.7 Å². The summed E-state index contributed by atoms with van der Waals surface area (Å²) in [7, 11) is 0. The number of fused-ring (bicyclic) bond motifs is 1. The molecule has 0 aliphatic rings. The largest absolute Gasteiger partial charge is 0.261 e. The minimum atomic E-state index is -0.368. The van der Waals surface area contributed by atoms with Crippen LogP contribution in [0, 0.1) is 12.7 Å². The third-order valence-electron chi connectivity index (χ3n) is 4.28. The summed E-state index contributed by atoms with van der Waals surface area (Å²) >= 11 is 3.12. The third-order valence-corrected chi connectivity index (χ3v) is 6.58. The molecule has 0 bridgehead atoms. The van der Waals surface area contributed by atoms with E-state index in [0.717, 1.165) is 42.1 Å². The number of aryl methyl sites for hydroxylation is 1. The lowest BCUT2D eigenvalue weighted by Gasteiger charge is -1.98. The van der Waals surface area contributed by atoms with E-state index in [1.807, 2.05) is 31.2 Å². The highest BCUT2D eigenvalue weighted by atomic mass is 32.1. The number of hydrogen-bond acceptors (Lipinski definition) is 6. The molecule has 5 aromatic heterocycles. The molecule has 0 unspecified atom stereocenters. The van der Waals surface area contributed by atoms with Crippen molar-refractivity contribution in [1.29, 1.82) is 0 Å². The number of pyridine rings is 3. The molecule has 136 valence electrons. The zero-order valence-electron chi connectivity index (χ0n) is 14.8. The van der Waals surface area contributed by atoms with E-state index < -0.39 is 0 Å². The van der Waals surface area contributed by atoms with Crippen LogP contribution in [0.4, 0.5) is 4.39 Å². The molecule has 0 amide bonds. The van der Waals surface area contributed by atoms with E-state index in [2.05, 4.69) is 27.1 Å². The monoisotopic (exact) mass is 404 g/mol. The Labute approximate surface area is 168 Å². The molecule has 28 heavy (non-hydrogen) atoms. The van der Waals surface area contributed by atoms with E-state index in [1.165, 1.54) is 23.6 Å². The van der Waals surface area contributed by atoms with Gasteiger partial charge in [0.25, 0.3) is 0 Å². The average molecular weight is 404 g/mol. The van der Waals surface area contributed by atoms with Crippen molar-refractivity contribution < 1.29 is 4.39 Å². The topological polar surface area (TPSA) is 51.6 Å². The predicted molar refractivity (Wildman–Crippen MR) is 112 cm³/mol. The second-order valence-corrected chi connectivity index (χ2v) is 8.27. The van der Waals surface area contributed by atoms with Crippen LogP contribution in [0.1, 0.15) is 5.69 Å². The molecule has 0 radical (unpaired) electrons. The summed E-state index contributed by atoms with van der Waals surface area (Å²) in [5.41, 5.74) is 3.36. The fourth-order valence-corrected chi connectivity index (χ4v) is 4.99. The fourth-order valence-electron chi connectivity index (χ4n) is 2.97. The number of hydrogen-bond donors (Lipinski definition) is 0. The van der Waals surface area contributed by atoms with Gasteiger partial charge in [-0.05, 0) is 43.3 Å². The lowest BCUT2D eigenvalue weighted by Crippen LogP contribution is -1.83. The fraction of sp³-hybridized carbons (Fsp3) is 0.0476. The lowest BCUT2D eigenvalue weighted by molar-refractivity contribution is 0.622. The van der Waals surface area contributed by atoms with Crippen LogP contribution in [-0.4, -0.2) is 19.9 Å². The number of rotatable bonds is 3. The summed E-state index contributed by atoms with van der Waals surface area (Å²) in [4.78, 5) is 20.8. The maximum absolute atomic E-state index is 13.5. The van der Waals surface area contributed by atoms with Gasteiger partial charge >= 0.3 is 0 Å². The van der Waals surface area contributed by atoms with Crippen molar-refractivity contribution in [3.05, 3.63) is 72.6 Å². The Balaban J connectivity index is 1.56. The van der Waals surface area contributed by atoms with E-state index in [4.69, 9.17) is 4.98 Å². The third kappa shape index (κ3) is 3.08. The molecule has 0 aliphatic heterocycles. The number of halogens is 1. The molecule has 0 aliphatic carbocycles. The first-order chi connectivity index (χ1) is 13.7. The zero-order chi connectivity index (χ0) is 19.1. The first kappa shape index (κ1) is 17.1. The van der Waals surface area contributed by atoms with Crippen LogP contribution in [0.5, 0.6) is 0 Å². The van der Waals surface area contributed by atoms with E-state index >= 15 is 0 Å². The first-order valence-corrected chi connectivity index (χ1v) is 10.2. The van der Waals surface area contributed by atoms with Gasteiger partial charge in [-0.25, -0.2) is 14.4 Å². The Kier molecular flexibility index (Phi) is 4.18. The van der Waals surface area contributed by atoms with Crippen LogP contribution in [0.25, 0.3) is 41.9 Å². The van der Waals surface area contributed by atoms with Crippen molar-refractivity contribution in [2.24, 2.45) is 0 Å². The van der Waals surface area contributed by atoms with Gasteiger partial charge in [0.2, 0.25) is 0 Å². The van der Waals surface area contributed by atoms with Gasteiger partial charge < -0.3 is 0 Å². The number of thiazole rings is 1. The molecule has 0 spiro atoms. The second kappa shape index (κ2) is 6.85. The highest BCUT2D eigenvalue weighted by Gasteiger charge is 2.15. The van der Waals surface area contributed by atoms with Crippen molar-refractivity contribution in [1.82, 2.24) is 19.9 Å². The maximum atomic E-state index is 13.5. The van der Waals surface area contributed by atoms with Crippen LogP contribution >= 0.6 is 22.7 Å². The smallest absolute Gasteiger partial charge is 0.142 e. The number of thiophene rings is 1. The van der Waals surface area contributed by atoms with Crippen LogP contribution in [0.3, 0.4) is 0 Å². The molecule has 0 aromatic carbocycles. The van der Waals surface area contributed by atoms with Crippen molar-refractivity contribution in [2.45, 2.75) is 6.92 Å². The van der Waals surface area contributed by atoms with Gasteiger partial charge in [0.05, 0.1) is 33.0 Å². The van der Waals surface area contributed by atoms with E-state index in [-0.39, 0.29) is 5.82 Å². The maximum Gasteiger partial charge on any atom is 0.142 e. The molecule has 0 N–H and O–H groups in total. The Morgan fingerprint density at radius 2 is 1.86 bits per heavy atom. The highest BCUT2D eigenvalue weighted by molar-refractivity contribution is 7.22. The molecule has 0 atom stereocenters. The second-order valence-electron chi connectivity index (χ2n) is 6.24. The minimum Gasteiger partial charge on any atom is -0.261 e. The molecule has 5 aromatic rings. The van der Waals surface area contributed by atoms with Gasteiger partial charge in [-0.1, -0.05) is 6.07 Å². The molecular formula is C21H13FN4S2. The molecule has 5 rings (SSSR count). The molecule has 4 nitrogen and oxygen atoms in total. The summed E-state index contributed by atoms with van der Waals surface area (Å²) in [5, 5.41) is 1.83. The minimum absolute atomic E-state index is 0.368. The van der Waals surface area contributed by atoms with Gasteiger partial charge in [-0.2, -0.15) is 0 Å². The summed E-state index contributed by atoms with van der Waals surface area (Å²) in [6.45, 7) is 1.95. The van der Waals surface area contributed by atoms with Crippen LogP contribution in [0.2, 0.25) is 0 Å². The SMILES string of the molecule is Cc1nc(-c2cncc(F)c2)sc1-c1ccc2cc(-c3ccccn3)sc2n1. The Hall–Kier alpha value is -3.03. The molecule has 0 saturated heterocycles. The lowest BCUT2D eigenvalue weighted by atomic mass is 10.2. The predicted octanol–water partition coefficient (Wildman–Crippen LogP) is 5.99. The number of aromatic nitrogens is 4. The van der Waals surface area contributed by atoms with Crippen LogP contribution in [0.15, 0.2) is 61.1 Å². The Morgan fingerprint density at radius 1 is 0.929 bits per heavy atom. The molecule has 7 heteroatoms. The molecule has 5 heterocycles. The zero-order valence-corrected chi connectivity index (χ0v) is 16.4. The van der Waals surface area contributed by atoms with Crippen LogP contribution in [-0.2, 0) is 0 Å². The molecule has 0 fully saturated rings. The highest BCUT2D eigenvalue weighted by Crippen LogP contribution is 2.37. The van der Waals surface area contributed by atoms with Crippen molar-refractivity contribution in [2.75, 3.05) is 0 Å². The normalized spacial score (nSPS) is 11.2. The summed E-state index contributed by atoms with van der Waals surface area (Å²) < 4.78 is 13.5. The molecule has 0 saturated carbocycles. The summed E-state index contributed by atoms with van der Waals surface area (Å²) in [5.74, 6) is -0.368. The van der Waals surface area contributed by atoms with E-state index in [1.54, 1.807) is 23.7 Å². The first-order valence-electron chi connectivity index (χ1n) is 8.58. The van der Waals surface area contributed by atoms with Gasteiger partial charge in [0, 0.05) is 23.3 Å². The van der Waals surface area contributed by atoms with Crippen molar-refractivity contribution >= 4 is 32.9 Å². The van der Waals surface area contributed by atoms with E-state index in [0.29, 0.717) is 5.56 Å². The average Bonchev–Trinajstić information content (AvgIpc) is 3.31. The molecular weight excluding hydrogens is 391 g/mol. The van der Waals surface area contributed by atoms with E-state index in [9.17, 15) is 4.39 Å². The Bertz CT molecular complexity index is 1290. The Morgan fingerprint density at radius 3 is 2.68 bits per heavy atom. The van der Waals surface area contributed by atoms with Crippen LogP contribution < -0.4 is 0 Å². The summed E-state index contributed by atoms with van der Waals surface area (Å²) in [6, 6.07) is 13.5. The quantitative estimate of drug-likeness (QED) is 0.370. The van der Waals surface area contributed by atoms with Gasteiger partial charge in [0.15, 0.2) is 0 Å². The van der Waals surface area contributed by atoms with Crippen molar-refractivity contribution in [3.63, 3.8) is 0 Å². The van der Waals surface area contributed by atoms with Gasteiger partial charge in [-0.15, -0.1) is 22.7 Å². The summed E-state index contributed by atoms with van der Waals surface area (Å²) in [6.07, 6.45) is 4.61.